The van der Waals surface area contributed by atoms with Gasteiger partial charge in [-0.2, -0.15) is 0 Å². The normalized spacial score (nSPS) is 19.6. The summed E-state index contributed by atoms with van der Waals surface area (Å²) in [5, 5.41) is 4.08. The van der Waals surface area contributed by atoms with Crippen molar-refractivity contribution < 1.29 is 9.26 Å². The van der Waals surface area contributed by atoms with E-state index in [-0.39, 0.29) is 0 Å². The van der Waals surface area contributed by atoms with Crippen LogP contribution in [-0.2, 0) is 4.74 Å². The molecule has 0 radical (unpaired) electrons. The van der Waals surface area contributed by atoms with Crippen molar-refractivity contribution in [3.63, 3.8) is 0 Å². The van der Waals surface area contributed by atoms with Gasteiger partial charge in [0.25, 0.3) is 0 Å². The molecule has 6 heteroatoms. The maximum Gasteiger partial charge on any atom is 0.143 e. The van der Waals surface area contributed by atoms with Crippen LogP contribution in [0.3, 0.4) is 0 Å². The van der Waals surface area contributed by atoms with Gasteiger partial charge in [-0.1, -0.05) is 5.16 Å². The van der Waals surface area contributed by atoms with Crippen molar-refractivity contribution in [1.82, 2.24) is 15.1 Å². The lowest BCUT2D eigenvalue weighted by atomic mass is 9.73. The number of ether oxygens (including phenoxy) is 1. The predicted molar refractivity (Wildman–Crippen MR) is 91.2 cm³/mol. The minimum Gasteiger partial charge on any atom is -0.381 e. The summed E-state index contributed by atoms with van der Waals surface area (Å²) in [6, 6.07) is 0. The Hall–Kier alpha value is -1.95. The van der Waals surface area contributed by atoms with Gasteiger partial charge in [-0.25, -0.2) is 9.97 Å². The standard InChI is InChI=1S/C18H24N4O2/c1-11-16(15-12(2)21-24-13(15)3)19-14(4)20-17(11)22-9-18(10-22)5-7-23-8-6-18/h5-10H2,1-4H3. The summed E-state index contributed by atoms with van der Waals surface area (Å²) in [6.07, 6.45) is 2.31. The Bertz CT molecular complexity index is 750. The molecular formula is C18H24N4O2. The van der Waals surface area contributed by atoms with Gasteiger partial charge in [0.1, 0.15) is 17.4 Å². The molecule has 0 atom stereocenters. The lowest BCUT2D eigenvalue weighted by molar-refractivity contribution is -0.000505. The molecule has 0 bridgehead atoms. The second kappa shape index (κ2) is 5.55. The second-order valence-corrected chi connectivity index (χ2v) is 7.24. The van der Waals surface area contributed by atoms with E-state index in [0.717, 1.165) is 79.1 Å². The van der Waals surface area contributed by atoms with E-state index in [0.29, 0.717) is 5.41 Å². The topological polar surface area (TPSA) is 64.3 Å². The Labute approximate surface area is 142 Å². The molecule has 0 unspecified atom stereocenters. The fraction of sp³-hybridized carbons (Fsp3) is 0.611. The summed E-state index contributed by atoms with van der Waals surface area (Å²) in [4.78, 5) is 11.8. The van der Waals surface area contributed by atoms with Crippen LogP contribution in [0.15, 0.2) is 4.52 Å². The minimum atomic E-state index is 0.423. The van der Waals surface area contributed by atoms with Gasteiger partial charge in [0.05, 0.1) is 17.0 Å². The third kappa shape index (κ3) is 2.40. The molecule has 0 N–H and O–H groups in total. The largest absolute Gasteiger partial charge is 0.381 e. The monoisotopic (exact) mass is 328 g/mol. The van der Waals surface area contributed by atoms with Gasteiger partial charge in [-0.15, -0.1) is 0 Å². The van der Waals surface area contributed by atoms with Crippen molar-refractivity contribution >= 4 is 5.82 Å². The Morgan fingerprint density at radius 2 is 1.71 bits per heavy atom. The quantitative estimate of drug-likeness (QED) is 0.844. The van der Waals surface area contributed by atoms with Crippen molar-refractivity contribution in [3.05, 3.63) is 22.8 Å². The zero-order valence-corrected chi connectivity index (χ0v) is 14.8. The third-order valence-electron chi connectivity index (χ3n) is 5.41. The Kier molecular flexibility index (Phi) is 3.60. The second-order valence-electron chi connectivity index (χ2n) is 7.24. The number of nitrogens with zero attached hydrogens (tertiary/aromatic N) is 4. The van der Waals surface area contributed by atoms with Crippen LogP contribution >= 0.6 is 0 Å². The van der Waals surface area contributed by atoms with Gasteiger partial charge >= 0.3 is 0 Å². The average Bonchev–Trinajstić information content (AvgIpc) is 2.87. The lowest BCUT2D eigenvalue weighted by Crippen LogP contribution is -2.59. The number of rotatable bonds is 2. The predicted octanol–water partition coefficient (Wildman–Crippen LogP) is 2.98. The maximum atomic E-state index is 5.52. The molecule has 2 fully saturated rings. The van der Waals surface area contributed by atoms with Gasteiger partial charge in [0.2, 0.25) is 0 Å². The Morgan fingerprint density at radius 3 is 2.33 bits per heavy atom. The first-order valence-corrected chi connectivity index (χ1v) is 8.60. The zero-order valence-electron chi connectivity index (χ0n) is 14.8. The summed E-state index contributed by atoms with van der Waals surface area (Å²) < 4.78 is 10.9. The molecule has 128 valence electrons. The highest BCUT2D eigenvalue weighted by molar-refractivity contribution is 5.72. The molecule has 2 aliphatic heterocycles. The minimum absolute atomic E-state index is 0.423. The smallest absolute Gasteiger partial charge is 0.143 e. The highest BCUT2D eigenvalue weighted by Crippen LogP contribution is 2.43. The molecule has 6 nitrogen and oxygen atoms in total. The molecule has 0 saturated carbocycles. The van der Waals surface area contributed by atoms with E-state index in [1.54, 1.807) is 0 Å². The van der Waals surface area contributed by atoms with Crippen molar-refractivity contribution in [2.75, 3.05) is 31.2 Å². The molecule has 2 saturated heterocycles. The van der Waals surface area contributed by atoms with E-state index in [1.165, 1.54) is 0 Å². The molecule has 0 amide bonds. The van der Waals surface area contributed by atoms with E-state index >= 15 is 0 Å². The lowest BCUT2D eigenvalue weighted by Gasteiger charge is -2.53. The first kappa shape index (κ1) is 15.6. The number of hydrogen-bond acceptors (Lipinski definition) is 6. The van der Waals surface area contributed by atoms with Gasteiger partial charge in [-0.3, -0.25) is 0 Å². The Balaban J connectivity index is 1.68. The van der Waals surface area contributed by atoms with Crippen LogP contribution in [-0.4, -0.2) is 41.4 Å². The molecule has 0 aromatic carbocycles. The van der Waals surface area contributed by atoms with E-state index in [4.69, 9.17) is 14.2 Å². The van der Waals surface area contributed by atoms with Crippen LogP contribution in [0.1, 0.15) is 35.7 Å². The average molecular weight is 328 g/mol. The summed E-state index contributed by atoms with van der Waals surface area (Å²) in [5.41, 5.74) is 4.36. The molecule has 4 heterocycles. The van der Waals surface area contributed by atoms with Crippen LogP contribution in [0.4, 0.5) is 5.82 Å². The summed E-state index contributed by atoms with van der Waals surface area (Å²) in [5.74, 6) is 2.65. The van der Waals surface area contributed by atoms with E-state index < -0.39 is 0 Å². The van der Waals surface area contributed by atoms with Gasteiger partial charge in [0.15, 0.2) is 0 Å². The number of aromatic nitrogens is 3. The first-order valence-electron chi connectivity index (χ1n) is 8.60. The van der Waals surface area contributed by atoms with Crippen LogP contribution in [0.2, 0.25) is 0 Å². The van der Waals surface area contributed by atoms with Crippen molar-refractivity contribution in [2.24, 2.45) is 5.41 Å². The van der Waals surface area contributed by atoms with Crippen LogP contribution in [0.25, 0.3) is 11.3 Å². The fourth-order valence-corrected chi connectivity index (χ4v) is 4.02. The fourth-order valence-electron chi connectivity index (χ4n) is 4.02. The van der Waals surface area contributed by atoms with E-state index in [2.05, 4.69) is 22.0 Å². The summed E-state index contributed by atoms with van der Waals surface area (Å²) >= 11 is 0. The molecule has 2 aliphatic rings. The third-order valence-corrected chi connectivity index (χ3v) is 5.41. The van der Waals surface area contributed by atoms with Crippen molar-refractivity contribution in [3.8, 4) is 11.3 Å². The van der Waals surface area contributed by atoms with Crippen LogP contribution < -0.4 is 4.90 Å². The SMILES string of the molecule is Cc1nc(-c2c(C)noc2C)c(C)c(N2CC3(CCOCC3)C2)n1. The van der Waals surface area contributed by atoms with Crippen molar-refractivity contribution in [2.45, 2.75) is 40.5 Å². The first-order chi connectivity index (χ1) is 11.5. The van der Waals surface area contributed by atoms with Crippen LogP contribution in [0.5, 0.6) is 0 Å². The highest BCUT2D eigenvalue weighted by Gasteiger charge is 2.45. The van der Waals surface area contributed by atoms with E-state index in [1.807, 2.05) is 20.8 Å². The zero-order chi connectivity index (χ0) is 16.9. The summed E-state index contributed by atoms with van der Waals surface area (Å²) in [7, 11) is 0. The number of aryl methyl sites for hydroxylation is 3. The molecule has 2 aromatic rings. The van der Waals surface area contributed by atoms with E-state index in [9.17, 15) is 0 Å². The number of anilines is 1. The maximum absolute atomic E-state index is 5.52. The molecule has 2 aromatic heterocycles. The molecule has 1 spiro atoms. The highest BCUT2D eigenvalue weighted by atomic mass is 16.5. The molecule has 0 aliphatic carbocycles. The van der Waals surface area contributed by atoms with Crippen molar-refractivity contribution in [1.29, 1.82) is 0 Å². The van der Waals surface area contributed by atoms with Gasteiger partial charge in [0, 0.05) is 37.3 Å². The molecular weight excluding hydrogens is 304 g/mol. The molecule has 4 rings (SSSR count). The Morgan fingerprint density at radius 1 is 1.00 bits per heavy atom. The number of hydrogen-bond donors (Lipinski definition) is 0. The molecule has 24 heavy (non-hydrogen) atoms. The van der Waals surface area contributed by atoms with Crippen LogP contribution in [0, 0.1) is 33.1 Å². The van der Waals surface area contributed by atoms with Gasteiger partial charge < -0.3 is 14.2 Å². The summed E-state index contributed by atoms with van der Waals surface area (Å²) in [6.45, 7) is 11.9. The van der Waals surface area contributed by atoms with Gasteiger partial charge in [-0.05, 0) is 40.5 Å².